The molecule has 2 aliphatic carbocycles. The quantitative estimate of drug-likeness (QED) is 0.174. The maximum Gasteiger partial charge on any atom is 0.228 e. The second kappa shape index (κ2) is 10.9. The van der Waals surface area contributed by atoms with Gasteiger partial charge in [0.15, 0.2) is 0 Å². The molecule has 8 heteroatoms. The molecule has 0 aromatic heterocycles. The fraction of sp³-hybridized carbons (Fsp3) is 0.467. The predicted molar refractivity (Wildman–Crippen MR) is 171 cm³/mol. The lowest BCUT2D eigenvalue weighted by molar-refractivity contribution is 0.226. The van der Waals surface area contributed by atoms with E-state index >= 15 is 0 Å². The van der Waals surface area contributed by atoms with Gasteiger partial charge < -0.3 is 9.05 Å². The molecule has 0 atom stereocenters. The SMILES string of the molecule is CC(C)(C)[Si](C)(C)ONC1=CCc2cc(SSc3ccc4c(c3)CC=C4NO[Si](C)(C)C(C)(C)C)ccc21. The molecular formula is C30H44N2O2S2Si2. The van der Waals surface area contributed by atoms with Crippen molar-refractivity contribution >= 4 is 49.6 Å². The van der Waals surface area contributed by atoms with Crippen molar-refractivity contribution in [1.82, 2.24) is 11.0 Å². The summed E-state index contributed by atoms with van der Waals surface area (Å²) in [7, 11) is -0.0774. The maximum atomic E-state index is 6.26. The summed E-state index contributed by atoms with van der Waals surface area (Å²) in [6.07, 6.45) is 6.37. The minimum atomic E-state index is -1.86. The number of hydroxylamine groups is 2. The van der Waals surface area contributed by atoms with E-state index < -0.39 is 16.6 Å². The summed E-state index contributed by atoms with van der Waals surface area (Å²) >= 11 is 0. The third-order valence-electron chi connectivity index (χ3n) is 8.46. The lowest BCUT2D eigenvalue weighted by atomic mass is 10.1. The van der Waals surface area contributed by atoms with Gasteiger partial charge in [0.2, 0.25) is 16.6 Å². The van der Waals surface area contributed by atoms with E-state index in [0.29, 0.717) is 0 Å². The van der Waals surface area contributed by atoms with Crippen molar-refractivity contribution in [3.8, 4) is 0 Å². The van der Waals surface area contributed by atoms with E-state index in [4.69, 9.17) is 9.05 Å². The molecule has 2 aliphatic rings. The average Bonchev–Trinajstić information content (AvgIpc) is 3.42. The van der Waals surface area contributed by atoms with E-state index in [2.05, 4.69) is 127 Å². The second-order valence-electron chi connectivity index (χ2n) is 13.4. The minimum Gasteiger partial charge on any atom is -0.322 e. The van der Waals surface area contributed by atoms with Crippen LogP contribution in [0.15, 0.2) is 58.3 Å². The molecule has 2 N–H and O–H groups in total. The fourth-order valence-corrected chi connectivity index (χ4v) is 7.07. The van der Waals surface area contributed by atoms with Crippen LogP contribution >= 0.6 is 21.6 Å². The first-order chi connectivity index (χ1) is 17.6. The number of allylic oxidation sites excluding steroid dienone is 2. The molecule has 2 aromatic rings. The van der Waals surface area contributed by atoms with Gasteiger partial charge in [0.25, 0.3) is 0 Å². The highest BCUT2D eigenvalue weighted by Gasteiger charge is 2.39. The molecule has 0 saturated carbocycles. The first kappa shape index (κ1) is 29.6. The van der Waals surface area contributed by atoms with Crippen LogP contribution in [0.2, 0.25) is 36.3 Å². The first-order valence-electron chi connectivity index (χ1n) is 13.5. The van der Waals surface area contributed by atoms with Gasteiger partial charge in [0.05, 0.1) is 11.4 Å². The Morgan fingerprint density at radius 1 is 0.632 bits per heavy atom. The normalized spacial score (nSPS) is 15.6. The zero-order valence-corrected chi connectivity index (χ0v) is 28.3. The molecule has 0 radical (unpaired) electrons. The molecule has 38 heavy (non-hydrogen) atoms. The molecule has 0 bridgehead atoms. The van der Waals surface area contributed by atoms with Crippen molar-refractivity contribution in [2.45, 2.75) is 100 Å². The lowest BCUT2D eigenvalue weighted by Gasteiger charge is -2.35. The zero-order chi connectivity index (χ0) is 27.9. The van der Waals surface area contributed by atoms with E-state index in [1.165, 1.54) is 32.0 Å². The molecule has 0 spiro atoms. The molecule has 4 rings (SSSR count). The summed E-state index contributed by atoms with van der Waals surface area (Å²) in [5, 5.41) is 0.341. The van der Waals surface area contributed by atoms with Crippen LogP contribution in [-0.4, -0.2) is 16.6 Å². The summed E-state index contributed by atoms with van der Waals surface area (Å²) in [5.41, 5.74) is 14.0. The summed E-state index contributed by atoms with van der Waals surface area (Å²) in [4.78, 5) is 2.55. The van der Waals surface area contributed by atoms with Crippen molar-refractivity contribution in [2.24, 2.45) is 0 Å². The van der Waals surface area contributed by atoms with Crippen LogP contribution < -0.4 is 11.0 Å². The van der Waals surface area contributed by atoms with E-state index in [9.17, 15) is 0 Å². The Kier molecular flexibility index (Phi) is 8.45. The number of rotatable bonds is 9. The van der Waals surface area contributed by atoms with Crippen LogP contribution in [0, 0.1) is 0 Å². The minimum absolute atomic E-state index is 0.171. The molecule has 0 amide bonds. The van der Waals surface area contributed by atoms with E-state index in [1.54, 1.807) is 0 Å². The Balaban J connectivity index is 1.33. The fourth-order valence-electron chi connectivity index (χ4n) is 3.71. The van der Waals surface area contributed by atoms with Crippen LogP contribution in [0.4, 0.5) is 0 Å². The van der Waals surface area contributed by atoms with Gasteiger partial charge in [-0.2, -0.15) is 0 Å². The van der Waals surface area contributed by atoms with Crippen molar-refractivity contribution in [1.29, 1.82) is 0 Å². The Bertz CT molecular complexity index is 1160. The molecule has 0 saturated heterocycles. The Hall–Kier alpha value is -1.43. The second-order valence-corrected chi connectivity index (χ2v) is 25.1. The van der Waals surface area contributed by atoms with Gasteiger partial charge in [-0.25, -0.2) is 0 Å². The van der Waals surface area contributed by atoms with Crippen molar-refractivity contribution < 1.29 is 9.05 Å². The molecule has 0 fully saturated rings. The topological polar surface area (TPSA) is 42.5 Å². The standard InChI is InChI=1S/C30H44N2O2S2Si2/c1-29(2,3)37(7,8)33-31-27-17-11-21-19-23(13-15-25(21)27)35-36-24-14-16-26-22(20-24)12-18-28(26)32-34-38(9,10)30(4,5)6/h13-20,31-32H,11-12H2,1-10H3. The Morgan fingerprint density at radius 2 is 1.00 bits per heavy atom. The Morgan fingerprint density at radius 3 is 1.34 bits per heavy atom. The third kappa shape index (κ3) is 6.48. The summed E-state index contributed by atoms with van der Waals surface area (Å²) in [6.45, 7) is 22.6. The average molecular weight is 585 g/mol. The lowest BCUT2D eigenvalue weighted by Crippen LogP contribution is -2.44. The largest absolute Gasteiger partial charge is 0.322 e. The number of hydrogen-bond acceptors (Lipinski definition) is 6. The summed E-state index contributed by atoms with van der Waals surface area (Å²) < 4.78 is 12.5. The third-order valence-corrected chi connectivity index (χ3v) is 19.3. The van der Waals surface area contributed by atoms with Gasteiger partial charge in [-0.1, -0.05) is 87.4 Å². The molecule has 0 heterocycles. The van der Waals surface area contributed by atoms with Crippen LogP contribution in [-0.2, 0) is 21.9 Å². The van der Waals surface area contributed by atoms with Crippen LogP contribution in [0.5, 0.6) is 0 Å². The van der Waals surface area contributed by atoms with Gasteiger partial charge in [0, 0.05) is 20.9 Å². The predicted octanol–water partition coefficient (Wildman–Crippen LogP) is 9.33. The zero-order valence-electron chi connectivity index (χ0n) is 24.7. The highest BCUT2D eigenvalue weighted by Crippen LogP contribution is 2.42. The summed E-state index contributed by atoms with van der Waals surface area (Å²) in [5.74, 6) is 0. The van der Waals surface area contributed by atoms with Gasteiger partial charge in [-0.3, -0.25) is 11.0 Å². The van der Waals surface area contributed by atoms with Crippen molar-refractivity contribution in [3.05, 3.63) is 70.8 Å². The molecule has 0 unspecified atom stereocenters. The van der Waals surface area contributed by atoms with Crippen LogP contribution in [0.1, 0.15) is 63.8 Å². The molecule has 4 nitrogen and oxygen atoms in total. The highest BCUT2D eigenvalue weighted by atomic mass is 33.1. The van der Waals surface area contributed by atoms with Crippen molar-refractivity contribution in [2.75, 3.05) is 0 Å². The van der Waals surface area contributed by atoms with Gasteiger partial charge >= 0.3 is 0 Å². The van der Waals surface area contributed by atoms with E-state index in [-0.39, 0.29) is 10.1 Å². The molecule has 2 aromatic carbocycles. The van der Waals surface area contributed by atoms with Gasteiger partial charge in [0.1, 0.15) is 0 Å². The number of fused-ring (bicyclic) bond motifs is 2. The number of benzene rings is 2. The van der Waals surface area contributed by atoms with Gasteiger partial charge in [-0.05, 0) is 84.5 Å². The highest BCUT2D eigenvalue weighted by molar-refractivity contribution is 8.76. The smallest absolute Gasteiger partial charge is 0.228 e. The van der Waals surface area contributed by atoms with E-state index in [0.717, 1.165) is 24.2 Å². The number of nitrogens with one attached hydrogen (secondary N) is 2. The molecular weight excluding hydrogens is 541 g/mol. The molecule has 206 valence electrons. The first-order valence-corrected chi connectivity index (χ1v) is 21.4. The van der Waals surface area contributed by atoms with Gasteiger partial charge in [-0.15, -0.1) is 0 Å². The molecule has 0 aliphatic heterocycles. The number of hydrogen-bond donors (Lipinski definition) is 2. The van der Waals surface area contributed by atoms with Crippen molar-refractivity contribution in [3.63, 3.8) is 0 Å². The Labute approximate surface area is 240 Å². The van der Waals surface area contributed by atoms with Crippen LogP contribution in [0.25, 0.3) is 11.4 Å². The summed E-state index contributed by atoms with van der Waals surface area (Å²) in [6, 6.07) is 13.5. The van der Waals surface area contributed by atoms with E-state index in [1.807, 2.05) is 21.6 Å². The van der Waals surface area contributed by atoms with Crippen LogP contribution in [0.3, 0.4) is 0 Å². The maximum absolute atomic E-state index is 6.26. The monoisotopic (exact) mass is 584 g/mol.